The van der Waals surface area contributed by atoms with Crippen LogP contribution in [0.2, 0.25) is 0 Å². The van der Waals surface area contributed by atoms with Crippen LogP contribution < -0.4 is 0 Å². The third-order valence-corrected chi connectivity index (χ3v) is 2.27. The first-order valence-corrected chi connectivity index (χ1v) is 6.83. The number of epoxide rings is 2. The van der Waals surface area contributed by atoms with E-state index in [9.17, 15) is 0 Å². The molecule has 0 spiro atoms. The number of rotatable bonds is 0. The first kappa shape index (κ1) is 30.4. The van der Waals surface area contributed by atoms with E-state index in [1.807, 2.05) is 6.92 Å². The summed E-state index contributed by atoms with van der Waals surface area (Å²) in [5.74, 6) is 1.87. The molecule has 2 atom stereocenters. The van der Waals surface area contributed by atoms with Gasteiger partial charge in [0.1, 0.15) is 6.10 Å². The molecule has 6 nitrogen and oxygen atoms in total. The number of ether oxygens (including phenoxy) is 4. The van der Waals surface area contributed by atoms with Gasteiger partial charge in [-0.2, -0.15) is 0 Å². The van der Waals surface area contributed by atoms with Crippen LogP contribution in [0.15, 0.2) is 24.7 Å². The van der Waals surface area contributed by atoms with Gasteiger partial charge in [0, 0.05) is 12.8 Å². The number of hydrogen-bond acceptors (Lipinski definition) is 4. The van der Waals surface area contributed by atoms with Crippen molar-refractivity contribution in [1.82, 2.24) is 0 Å². The molecule has 2 unspecified atom stereocenters. The molecule has 4 aliphatic heterocycles. The van der Waals surface area contributed by atoms with Crippen molar-refractivity contribution in [3.8, 4) is 0 Å². The van der Waals surface area contributed by atoms with Crippen molar-refractivity contribution in [3.05, 3.63) is 38.0 Å². The molecule has 0 bridgehead atoms. The van der Waals surface area contributed by atoms with Crippen LogP contribution in [-0.4, -0.2) is 38.6 Å². The van der Waals surface area contributed by atoms with Crippen molar-refractivity contribution in [1.29, 1.82) is 0 Å². The molecule has 4 saturated heterocycles. The minimum absolute atomic E-state index is 0. The van der Waals surface area contributed by atoms with E-state index >= 15 is 0 Å². The molecule has 0 aliphatic carbocycles. The molecule has 0 aromatic heterocycles. The Balaban J connectivity index is -0.000000103. The summed E-state index contributed by atoms with van der Waals surface area (Å²) in [5.41, 5.74) is 0. The van der Waals surface area contributed by atoms with E-state index in [0.717, 1.165) is 50.8 Å². The van der Waals surface area contributed by atoms with Crippen molar-refractivity contribution < 1.29 is 28.3 Å². The van der Waals surface area contributed by atoms with Crippen molar-refractivity contribution in [2.75, 3.05) is 26.4 Å². The standard InChI is InChI=1S/C5H8O.C4H6O.C3H6O.C2H4O.2CO.2CH4/c1-4-3-5(2)6-4;1-4-2-3-5-4;1-3-2-4-3;1-2-3-1;2*1-2;;/h5H,1,3H2,2H3;1-3H2;3H,2H2,1H3;1-2H2;;;2*1H4. The molecule has 0 aromatic rings. The molecule has 4 rings (SSSR count). The van der Waals surface area contributed by atoms with Crippen LogP contribution in [0.3, 0.4) is 0 Å². The van der Waals surface area contributed by atoms with Gasteiger partial charge < -0.3 is 18.9 Å². The topological polar surface area (TPSA) is 83.3 Å². The van der Waals surface area contributed by atoms with Crippen molar-refractivity contribution >= 4 is 0 Å². The van der Waals surface area contributed by atoms with Crippen LogP contribution in [0.1, 0.15) is 41.5 Å². The molecule has 4 heterocycles. The molecular weight excluding hydrogens is 312 g/mol. The molecule has 0 radical (unpaired) electrons. The molecule has 4 fully saturated rings. The number of hydrogen-bond donors (Lipinski definition) is 0. The Morgan fingerprint density at radius 1 is 0.917 bits per heavy atom. The third-order valence-electron chi connectivity index (χ3n) is 2.27. The normalized spacial score (nSPS) is 21.9. The fraction of sp³-hybridized carbons (Fsp3) is 0.667. The molecule has 24 heavy (non-hydrogen) atoms. The van der Waals surface area contributed by atoms with Crippen LogP contribution in [0.4, 0.5) is 0 Å². The summed E-state index contributed by atoms with van der Waals surface area (Å²) in [7, 11) is 0. The molecule has 0 amide bonds. The molecule has 6 heteroatoms. The van der Waals surface area contributed by atoms with E-state index in [4.69, 9.17) is 23.5 Å². The summed E-state index contributed by atoms with van der Waals surface area (Å²) in [6.07, 6.45) is 3.15. The van der Waals surface area contributed by atoms with Crippen LogP contribution in [0.5, 0.6) is 0 Å². The minimum atomic E-state index is 0. The monoisotopic (exact) mass is 344 g/mol. The van der Waals surface area contributed by atoms with E-state index in [1.165, 1.54) is 0 Å². The van der Waals surface area contributed by atoms with Gasteiger partial charge in [0.05, 0.1) is 44.0 Å². The molecule has 0 aromatic carbocycles. The van der Waals surface area contributed by atoms with E-state index < -0.39 is 0 Å². The Morgan fingerprint density at radius 2 is 1.21 bits per heavy atom. The van der Waals surface area contributed by atoms with E-state index in [-0.39, 0.29) is 14.9 Å². The average molecular weight is 344 g/mol. The van der Waals surface area contributed by atoms with Gasteiger partial charge in [-0.05, 0) is 13.8 Å². The van der Waals surface area contributed by atoms with Gasteiger partial charge in [0.15, 0.2) is 0 Å². The Morgan fingerprint density at radius 3 is 1.21 bits per heavy atom. The summed E-state index contributed by atoms with van der Waals surface area (Å²) in [5, 5.41) is 0. The summed E-state index contributed by atoms with van der Waals surface area (Å²) in [4.78, 5) is 0. The average Bonchev–Trinajstić information content (AvgIpc) is 3.35. The molecular formula is C18H32O6. The van der Waals surface area contributed by atoms with Crippen molar-refractivity contribution in [2.24, 2.45) is 0 Å². The van der Waals surface area contributed by atoms with Crippen molar-refractivity contribution in [3.63, 3.8) is 0 Å². The zero-order valence-electron chi connectivity index (χ0n) is 13.3. The van der Waals surface area contributed by atoms with Gasteiger partial charge in [-0.3, -0.25) is 0 Å². The molecule has 140 valence electrons. The van der Waals surface area contributed by atoms with Gasteiger partial charge in [-0.15, -0.1) is 0 Å². The van der Waals surface area contributed by atoms with E-state index in [0.29, 0.717) is 12.2 Å². The SMILES string of the molecule is C.C.C1CO1.C=C1CC(C)O1.C=C1CCO1.CC1CO1.[C-]#[O+].[C-]#[O+]. The van der Waals surface area contributed by atoms with E-state index in [2.05, 4.69) is 38.1 Å². The zero-order chi connectivity index (χ0) is 17.4. The Labute approximate surface area is 147 Å². The van der Waals surface area contributed by atoms with Gasteiger partial charge in [0.2, 0.25) is 0 Å². The van der Waals surface area contributed by atoms with Gasteiger partial charge in [0.25, 0.3) is 0 Å². The third kappa shape index (κ3) is 28.6. The van der Waals surface area contributed by atoms with Gasteiger partial charge in [-0.25, -0.2) is 0 Å². The second-order valence-electron chi connectivity index (χ2n) is 4.56. The van der Waals surface area contributed by atoms with Crippen LogP contribution >= 0.6 is 0 Å². The summed E-state index contributed by atoms with van der Waals surface area (Å²) in [6.45, 7) is 24.1. The first-order chi connectivity index (χ1) is 10.6. The van der Waals surface area contributed by atoms with Gasteiger partial charge >= 0.3 is 22.6 Å². The molecule has 0 saturated carbocycles. The predicted molar refractivity (Wildman–Crippen MR) is 91.6 cm³/mol. The summed E-state index contributed by atoms with van der Waals surface area (Å²) in [6, 6.07) is 0. The molecule has 4 aliphatic rings. The van der Waals surface area contributed by atoms with Crippen LogP contribution in [0, 0.1) is 13.3 Å². The summed E-state index contributed by atoms with van der Waals surface area (Å²) >= 11 is 0. The Bertz CT molecular complexity index is 319. The first-order valence-electron chi connectivity index (χ1n) is 6.83. The maximum atomic E-state index is 7.50. The predicted octanol–water partition coefficient (Wildman–Crippen LogP) is 3.85. The zero-order valence-corrected chi connectivity index (χ0v) is 13.3. The fourth-order valence-corrected chi connectivity index (χ4v) is 0.938. The fourth-order valence-electron chi connectivity index (χ4n) is 0.938. The van der Waals surface area contributed by atoms with Crippen LogP contribution in [-0.2, 0) is 28.3 Å². The second kappa shape index (κ2) is 21.5. The Kier molecular flexibility index (Phi) is 27.2. The maximum absolute atomic E-state index is 7.50. The second-order valence-corrected chi connectivity index (χ2v) is 4.56. The van der Waals surface area contributed by atoms with Crippen LogP contribution in [0.25, 0.3) is 0 Å². The van der Waals surface area contributed by atoms with Gasteiger partial charge in [-0.1, -0.05) is 28.0 Å². The quantitative estimate of drug-likeness (QED) is 0.379. The van der Waals surface area contributed by atoms with E-state index in [1.54, 1.807) is 0 Å². The Hall–Kier alpha value is -1.52. The molecule has 0 N–H and O–H groups in total. The summed E-state index contributed by atoms with van der Waals surface area (Å²) < 4.78 is 33.9. The van der Waals surface area contributed by atoms with Crippen molar-refractivity contribution in [2.45, 2.75) is 53.8 Å².